The summed E-state index contributed by atoms with van der Waals surface area (Å²) in [5.41, 5.74) is 0.796. The number of benzene rings is 2. The predicted octanol–water partition coefficient (Wildman–Crippen LogP) is 4.18. The van der Waals surface area contributed by atoms with Crippen LogP contribution in [-0.4, -0.2) is 35.4 Å². The molecule has 1 fully saturated rings. The van der Waals surface area contributed by atoms with E-state index in [0.29, 0.717) is 32.1 Å². The van der Waals surface area contributed by atoms with Gasteiger partial charge in [0, 0.05) is 0 Å². The number of carboxylic acids is 1. The van der Waals surface area contributed by atoms with Crippen LogP contribution in [0.4, 0.5) is 10.1 Å². The van der Waals surface area contributed by atoms with Crippen LogP contribution in [0.25, 0.3) is 6.08 Å². The molecule has 0 spiro atoms. The zero-order valence-electron chi connectivity index (χ0n) is 15.6. The monoisotopic (exact) mass is 542 g/mol. The highest BCUT2D eigenvalue weighted by Crippen LogP contribution is 2.36. The van der Waals surface area contributed by atoms with Crippen LogP contribution >= 0.6 is 34.4 Å². The fourth-order valence-electron chi connectivity index (χ4n) is 2.49. The lowest BCUT2D eigenvalue weighted by molar-refractivity contribution is -0.139. The van der Waals surface area contributed by atoms with Crippen molar-refractivity contribution >= 4 is 63.2 Å². The van der Waals surface area contributed by atoms with Gasteiger partial charge < -0.3 is 19.9 Å². The minimum Gasteiger partial charge on any atom is -0.490 e. The number of aliphatic imine (C=N–C) groups is 1. The molecule has 10 heteroatoms. The first-order valence-corrected chi connectivity index (χ1v) is 10.6. The lowest BCUT2D eigenvalue weighted by Crippen LogP contribution is -2.19. The summed E-state index contributed by atoms with van der Waals surface area (Å²) in [4.78, 5) is 27.6. The summed E-state index contributed by atoms with van der Waals surface area (Å²) in [5, 5.41) is 11.7. The Kier molecular flexibility index (Phi) is 7.32. The third-order valence-electron chi connectivity index (χ3n) is 3.69. The van der Waals surface area contributed by atoms with Crippen LogP contribution < -0.4 is 14.8 Å². The number of para-hydroxylation sites is 1. The number of halogens is 2. The maximum atomic E-state index is 13.8. The van der Waals surface area contributed by atoms with Gasteiger partial charge in [-0.2, -0.15) is 0 Å². The van der Waals surface area contributed by atoms with Crippen LogP contribution in [0.15, 0.2) is 46.3 Å². The number of ether oxygens (including phenoxy) is 2. The SMILES string of the molecule is CCOc1cc(/C=C2\SC(=Nc3ccccc3F)NC2=O)cc(I)c1OCC(=O)O. The quantitative estimate of drug-likeness (QED) is 0.403. The molecule has 30 heavy (non-hydrogen) atoms. The maximum Gasteiger partial charge on any atom is 0.341 e. The molecule has 0 aliphatic carbocycles. The summed E-state index contributed by atoms with van der Waals surface area (Å²) >= 11 is 3.10. The average Bonchev–Trinajstić information content (AvgIpc) is 3.02. The number of aliphatic carboxylic acids is 1. The van der Waals surface area contributed by atoms with E-state index in [1.807, 2.05) is 22.6 Å². The third kappa shape index (κ3) is 5.51. The number of rotatable bonds is 7. The van der Waals surface area contributed by atoms with Crippen molar-refractivity contribution in [3.8, 4) is 11.5 Å². The number of nitrogens with zero attached hydrogens (tertiary/aromatic N) is 1. The number of nitrogens with one attached hydrogen (secondary N) is 1. The number of amidine groups is 1. The molecule has 0 saturated carbocycles. The molecule has 0 atom stereocenters. The second kappa shape index (κ2) is 9.94. The normalized spacial score (nSPS) is 16.0. The summed E-state index contributed by atoms with van der Waals surface area (Å²) in [5.74, 6) is -1.23. The van der Waals surface area contributed by atoms with Crippen LogP contribution in [0.5, 0.6) is 11.5 Å². The van der Waals surface area contributed by atoms with Crippen LogP contribution in [0.2, 0.25) is 0 Å². The van der Waals surface area contributed by atoms with E-state index in [9.17, 15) is 14.0 Å². The molecule has 1 aliphatic rings. The van der Waals surface area contributed by atoms with E-state index in [-0.39, 0.29) is 16.8 Å². The molecule has 0 radical (unpaired) electrons. The molecule has 7 nitrogen and oxygen atoms in total. The number of carbonyl (C=O) groups excluding carboxylic acids is 1. The fourth-order valence-corrected chi connectivity index (χ4v) is 4.11. The highest BCUT2D eigenvalue weighted by Gasteiger charge is 2.24. The van der Waals surface area contributed by atoms with Gasteiger partial charge in [0.05, 0.1) is 15.1 Å². The van der Waals surface area contributed by atoms with Crippen molar-refractivity contribution < 1.29 is 28.6 Å². The van der Waals surface area contributed by atoms with Gasteiger partial charge in [0.2, 0.25) is 0 Å². The van der Waals surface area contributed by atoms with Gasteiger partial charge in [-0.25, -0.2) is 14.2 Å². The number of hydrogen-bond acceptors (Lipinski definition) is 6. The van der Waals surface area contributed by atoms with Crippen LogP contribution in [0.1, 0.15) is 12.5 Å². The highest BCUT2D eigenvalue weighted by atomic mass is 127. The van der Waals surface area contributed by atoms with Crippen molar-refractivity contribution in [2.75, 3.05) is 13.2 Å². The molecular weight excluding hydrogens is 526 g/mol. The van der Waals surface area contributed by atoms with Crippen molar-refractivity contribution in [3.05, 3.63) is 56.3 Å². The van der Waals surface area contributed by atoms with Gasteiger partial charge in [0.15, 0.2) is 23.3 Å². The molecule has 0 bridgehead atoms. The first-order valence-electron chi connectivity index (χ1n) is 8.72. The Morgan fingerprint density at radius 2 is 2.10 bits per heavy atom. The van der Waals surface area contributed by atoms with Crippen LogP contribution in [0.3, 0.4) is 0 Å². The molecule has 1 saturated heterocycles. The predicted molar refractivity (Wildman–Crippen MR) is 121 cm³/mol. The first kappa shape index (κ1) is 22.1. The van der Waals surface area contributed by atoms with Crippen LogP contribution in [0, 0.1) is 9.39 Å². The van der Waals surface area contributed by atoms with Gasteiger partial charge in [-0.3, -0.25) is 4.79 Å². The van der Waals surface area contributed by atoms with Crippen molar-refractivity contribution in [1.29, 1.82) is 0 Å². The number of carbonyl (C=O) groups is 2. The number of thioether (sulfide) groups is 1. The molecule has 2 aromatic rings. The Balaban J connectivity index is 1.88. The van der Waals surface area contributed by atoms with Gasteiger partial charge in [-0.1, -0.05) is 12.1 Å². The molecule has 2 N–H and O–H groups in total. The van der Waals surface area contributed by atoms with E-state index in [0.717, 1.165) is 11.8 Å². The van der Waals surface area contributed by atoms with Gasteiger partial charge in [0.1, 0.15) is 11.5 Å². The fraction of sp³-hybridized carbons (Fsp3) is 0.150. The van der Waals surface area contributed by atoms with E-state index in [1.165, 1.54) is 12.1 Å². The lowest BCUT2D eigenvalue weighted by Gasteiger charge is -2.13. The van der Waals surface area contributed by atoms with E-state index in [4.69, 9.17) is 14.6 Å². The van der Waals surface area contributed by atoms with Crippen molar-refractivity contribution in [3.63, 3.8) is 0 Å². The Labute approximate surface area is 189 Å². The standard InChI is InChI=1S/C20H16FIN2O5S/c1-2-28-15-8-11(7-13(22)18(15)29-10-17(25)26)9-16-19(27)24-20(30-16)23-14-6-4-3-5-12(14)21/h3-9H,2,10H2,1H3,(H,25,26)(H,23,24,27)/b16-9-. The Morgan fingerprint density at radius 1 is 1.33 bits per heavy atom. The Morgan fingerprint density at radius 3 is 2.80 bits per heavy atom. The zero-order chi connectivity index (χ0) is 21.7. The van der Waals surface area contributed by atoms with E-state index >= 15 is 0 Å². The molecule has 1 aliphatic heterocycles. The topological polar surface area (TPSA) is 97.2 Å². The maximum absolute atomic E-state index is 13.8. The van der Waals surface area contributed by atoms with Gasteiger partial charge in [-0.15, -0.1) is 0 Å². The van der Waals surface area contributed by atoms with Gasteiger partial charge in [0.25, 0.3) is 5.91 Å². The number of hydrogen-bond donors (Lipinski definition) is 2. The number of amides is 1. The van der Waals surface area contributed by atoms with Gasteiger partial charge >= 0.3 is 5.97 Å². The molecule has 2 aromatic carbocycles. The number of carboxylic acid groups (broad SMARTS) is 1. The summed E-state index contributed by atoms with van der Waals surface area (Å²) in [6, 6.07) is 9.44. The lowest BCUT2D eigenvalue weighted by atomic mass is 10.2. The summed E-state index contributed by atoms with van der Waals surface area (Å²) in [6.45, 7) is 1.66. The zero-order valence-corrected chi connectivity index (χ0v) is 18.6. The van der Waals surface area contributed by atoms with Crippen LogP contribution in [-0.2, 0) is 9.59 Å². The van der Waals surface area contributed by atoms with E-state index < -0.39 is 18.4 Å². The Hall–Kier alpha value is -2.60. The molecular formula is C20H16FIN2O5S. The minimum atomic E-state index is -1.10. The van der Waals surface area contributed by atoms with Crippen molar-refractivity contribution in [2.24, 2.45) is 4.99 Å². The van der Waals surface area contributed by atoms with Gasteiger partial charge in [-0.05, 0) is 77.2 Å². The second-order valence-electron chi connectivity index (χ2n) is 5.88. The first-order chi connectivity index (χ1) is 14.4. The largest absolute Gasteiger partial charge is 0.490 e. The van der Waals surface area contributed by atoms with Crippen molar-refractivity contribution in [1.82, 2.24) is 5.32 Å². The molecule has 1 heterocycles. The second-order valence-corrected chi connectivity index (χ2v) is 8.07. The summed E-state index contributed by atoms with van der Waals surface area (Å²) in [6.07, 6.45) is 1.65. The minimum absolute atomic E-state index is 0.134. The third-order valence-corrected chi connectivity index (χ3v) is 5.41. The molecule has 156 valence electrons. The van der Waals surface area contributed by atoms with Crippen molar-refractivity contribution in [2.45, 2.75) is 6.92 Å². The van der Waals surface area contributed by atoms with E-state index in [2.05, 4.69) is 10.3 Å². The molecule has 0 unspecified atom stereocenters. The Bertz CT molecular complexity index is 1060. The van der Waals surface area contributed by atoms with E-state index in [1.54, 1.807) is 37.3 Å². The molecule has 0 aromatic heterocycles. The average molecular weight is 542 g/mol. The summed E-state index contributed by atoms with van der Waals surface area (Å²) < 4.78 is 25.3. The summed E-state index contributed by atoms with van der Waals surface area (Å²) in [7, 11) is 0. The highest BCUT2D eigenvalue weighted by molar-refractivity contribution is 14.1. The molecule has 3 rings (SSSR count). The smallest absolute Gasteiger partial charge is 0.341 e. The molecule has 1 amide bonds.